The van der Waals surface area contributed by atoms with Crippen molar-refractivity contribution in [2.45, 2.75) is 44.9 Å². The molecule has 100 valence electrons. The molecule has 1 unspecified atom stereocenters. The van der Waals surface area contributed by atoms with Crippen LogP contribution in [0.15, 0.2) is 18.2 Å². The lowest BCUT2D eigenvalue weighted by Crippen LogP contribution is -2.26. The maximum atomic E-state index is 6.56. The van der Waals surface area contributed by atoms with Crippen molar-refractivity contribution in [3.8, 4) is 0 Å². The first kappa shape index (κ1) is 13.9. The van der Waals surface area contributed by atoms with Crippen LogP contribution in [-0.4, -0.2) is 24.5 Å². The van der Waals surface area contributed by atoms with Crippen LogP contribution in [-0.2, 0) is 12.8 Å². The maximum Gasteiger partial charge on any atom is 0.0712 e. The van der Waals surface area contributed by atoms with Gasteiger partial charge >= 0.3 is 0 Å². The van der Waals surface area contributed by atoms with E-state index in [1.165, 1.54) is 42.4 Å². The molecule has 1 atom stereocenters. The summed E-state index contributed by atoms with van der Waals surface area (Å²) in [6, 6.07) is 6.86. The minimum atomic E-state index is 0.122. The normalized spacial score (nSPS) is 16.7. The highest BCUT2D eigenvalue weighted by Crippen LogP contribution is 2.28. The van der Waals surface area contributed by atoms with Crippen molar-refractivity contribution in [1.29, 1.82) is 0 Å². The summed E-state index contributed by atoms with van der Waals surface area (Å²) in [5.41, 5.74) is 4.37. The molecular weight excluding hydrogens is 242 g/mol. The molecule has 0 amide bonds. The van der Waals surface area contributed by atoms with E-state index >= 15 is 0 Å². The summed E-state index contributed by atoms with van der Waals surface area (Å²) in [7, 11) is 0. The van der Waals surface area contributed by atoms with Crippen LogP contribution in [0.1, 0.15) is 48.8 Å². The van der Waals surface area contributed by atoms with Gasteiger partial charge in [-0.25, -0.2) is 0 Å². The second kappa shape index (κ2) is 6.58. The minimum absolute atomic E-state index is 0.122. The Balaban J connectivity index is 2.08. The zero-order valence-electron chi connectivity index (χ0n) is 11.6. The van der Waals surface area contributed by atoms with Gasteiger partial charge in [-0.3, -0.25) is 0 Å². The molecular formula is C16H24ClN. The first-order valence-corrected chi connectivity index (χ1v) is 7.66. The lowest BCUT2D eigenvalue weighted by atomic mass is 9.90. The van der Waals surface area contributed by atoms with Crippen LogP contribution in [0.4, 0.5) is 0 Å². The topological polar surface area (TPSA) is 3.24 Å². The Kier molecular flexibility index (Phi) is 5.08. The zero-order chi connectivity index (χ0) is 13.0. The molecule has 1 aromatic rings. The third-order valence-electron chi connectivity index (χ3n) is 4.05. The van der Waals surface area contributed by atoms with E-state index in [4.69, 9.17) is 11.6 Å². The van der Waals surface area contributed by atoms with Crippen LogP contribution in [0.5, 0.6) is 0 Å². The van der Waals surface area contributed by atoms with E-state index in [0.717, 1.165) is 19.6 Å². The van der Waals surface area contributed by atoms with Crippen LogP contribution in [0, 0.1) is 0 Å². The highest BCUT2D eigenvalue weighted by atomic mass is 35.5. The van der Waals surface area contributed by atoms with Gasteiger partial charge in [-0.1, -0.05) is 32.0 Å². The minimum Gasteiger partial charge on any atom is -0.302 e. The monoisotopic (exact) mass is 265 g/mol. The molecule has 0 aromatic heterocycles. The molecule has 0 aliphatic heterocycles. The Labute approximate surface area is 116 Å². The molecule has 1 nitrogen and oxygen atoms in total. The molecule has 0 saturated carbocycles. The van der Waals surface area contributed by atoms with E-state index in [0.29, 0.717) is 0 Å². The van der Waals surface area contributed by atoms with E-state index < -0.39 is 0 Å². The number of fused-ring (bicyclic) bond motifs is 1. The van der Waals surface area contributed by atoms with Crippen molar-refractivity contribution in [2.24, 2.45) is 0 Å². The summed E-state index contributed by atoms with van der Waals surface area (Å²) in [5.74, 6) is 0. The Morgan fingerprint density at radius 2 is 1.78 bits per heavy atom. The number of rotatable bonds is 5. The summed E-state index contributed by atoms with van der Waals surface area (Å²) < 4.78 is 0. The van der Waals surface area contributed by atoms with Gasteiger partial charge in [0.25, 0.3) is 0 Å². The number of aryl methyl sites for hydroxylation is 2. The Bertz CT molecular complexity index is 385. The van der Waals surface area contributed by atoms with Gasteiger partial charge in [0.15, 0.2) is 0 Å². The maximum absolute atomic E-state index is 6.56. The molecule has 0 N–H and O–H groups in total. The van der Waals surface area contributed by atoms with Gasteiger partial charge < -0.3 is 4.90 Å². The number of nitrogens with zero attached hydrogens (tertiary/aromatic N) is 1. The predicted octanol–water partition coefficient (Wildman–Crippen LogP) is 4.19. The van der Waals surface area contributed by atoms with Gasteiger partial charge in [-0.15, -0.1) is 11.6 Å². The smallest absolute Gasteiger partial charge is 0.0712 e. The lowest BCUT2D eigenvalue weighted by molar-refractivity contribution is 0.304. The second-order valence-electron chi connectivity index (χ2n) is 5.19. The van der Waals surface area contributed by atoms with Crippen LogP contribution in [0.3, 0.4) is 0 Å². The van der Waals surface area contributed by atoms with Crippen molar-refractivity contribution in [1.82, 2.24) is 4.90 Å². The van der Waals surface area contributed by atoms with Gasteiger partial charge in [-0.2, -0.15) is 0 Å². The van der Waals surface area contributed by atoms with E-state index in [1.807, 2.05) is 0 Å². The first-order valence-electron chi connectivity index (χ1n) is 7.22. The van der Waals surface area contributed by atoms with Crippen molar-refractivity contribution in [2.75, 3.05) is 19.6 Å². The molecule has 18 heavy (non-hydrogen) atoms. The lowest BCUT2D eigenvalue weighted by Gasteiger charge is -2.23. The average Bonchev–Trinajstić information content (AvgIpc) is 2.44. The number of alkyl halides is 1. The van der Waals surface area contributed by atoms with Crippen LogP contribution < -0.4 is 0 Å². The number of benzene rings is 1. The molecule has 1 aliphatic carbocycles. The molecule has 1 aromatic carbocycles. The van der Waals surface area contributed by atoms with Gasteiger partial charge in [-0.05, 0) is 55.5 Å². The molecule has 0 saturated heterocycles. The predicted molar refractivity (Wildman–Crippen MR) is 79.5 cm³/mol. The van der Waals surface area contributed by atoms with E-state index in [-0.39, 0.29) is 5.38 Å². The van der Waals surface area contributed by atoms with E-state index in [2.05, 4.69) is 36.9 Å². The fraction of sp³-hybridized carbons (Fsp3) is 0.625. The van der Waals surface area contributed by atoms with Crippen LogP contribution in [0.2, 0.25) is 0 Å². The standard InChI is InChI=1S/C16H24ClN/c1-3-18(4-2)12-16(17)15-10-9-13-7-5-6-8-14(13)11-15/h9-11,16H,3-8,12H2,1-2H3. The fourth-order valence-corrected chi connectivity index (χ4v) is 3.09. The van der Waals surface area contributed by atoms with Crippen molar-refractivity contribution in [3.05, 3.63) is 34.9 Å². The second-order valence-corrected chi connectivity index (χ2v) is 5.72. The van der Waals surface area contributed by atoms with Crippen LogP contribution in [0.25, 0.3) is 0 Å². The molecule has 1 aliphatic rings. The van der Waals surface area contributed by atoms with Gasteiger partial charge in [0.2, 0.25) is 0 Å². The highest BCUT2D eigenvalue weighted by Gasteiger charge is 2.15. The summed E-state index contributed by atoms with van der Waals surface area (Å²) in [4.78, 5) is 2.39. The van der Waals surface area contributed by atoms with Crippen molar-refractivity contribution < 1.29 is 0 Å². The summed E-state index contributed by atoms with van der Waals surface area (Å²) in [6.45, 7) is 7.49. The van der Waals surface area contributed by atoms with Gasteiger partial charge in [0.05, 0.1) is 5.38 Å². The first-order chi connectivity index (χ1) is 8.74. The number of hydrogen-bond acceptors (Lipinski definition) is 1. The van der Waals surface area contributed by atoms with Crippen molar-refractivity contribution in [3.63, 3.8) is 0 Å². The Morgan fingerprint density at radius 3 is 2.44 bits per heavy atom. The third-order valence-corrected chi connectivity index (χ3v) is 4.44. The average molecular weight is 266 g/mol. The van der Waals surface area contributed by atoms with Gasteiger partial charge in [0.1, 0.15) is 0 Å². The highest BCUT2D eigenvalue weighted by molar-refractivity contribution is 6.21. The number of halogens is 1. The molecule has 2 heteroatoms. The van der Waals surface area contributed by atoms with Crippen LogP contribution >= 0.6 is 11.6 Å². The Morgan fingerprint density at radius 1 is 1.11 bits per heavy atom. The molecule has 0 bridgehead atoms. The Hall–Kier alpha value is -0.530. The van der Waals surface area contributed by atoms with E-state index in [9.17, 15) is 0 Å². The molecule has 0 heterocycles. The summed E-state index contributed by atoms with van der Waals surface area (Å²) in [6.07, 6.45) is 5.16. The summed E-state index contributed by atoms with van der Waals surface area (Å²) in [5, 5.41) is 0.122. The number of likely N-dealkylation sites (N-methyl/N-ethyl adjacent to an activating group) is 1. The molecule has 2 rings (SSSR count). The SMILES string of the molecule is CCN(CC)CC(Cl)c1ccc2c(c1)CCCC2. The van der Waals surface area contributed by atoms with E-state index in [1.54, 1.807) is 0 Å². The fourth-order valence-electron chi connectivity index (χ4n) is 2.76. The quantitative estimate of drug-likeness (QED) is 0.722. The number of hydrogen-bond donors (Lipinski definition) is 0. The largest absolute Gasteiger partial charge is 0.302 e. The summed E-state index contributed by atoms with van der Waals surface area (Å²) >= 11 is 6.56. The van der Waals surface area contributed by atoms with Crippen molar-refractivity contribution >= 4 is 11.6 Å². The molecule has 0 radical (unpaired) electrons. The zero-order valence-corrected chi connectivity index (χ0v) is 12.3. The molecule has 0 fully saturated rings. The van der Waals surface area contributed by atoms with Gasteiger partial charge in [0, 0.05) is 6.54 Å². The molecule has 0 spiro atoms. The third kappa shape index (κ3) is 3.27.